The highest BCUT2D eigenvalue weighted by molar-refractivity contribution is 5.72. The molecule has 0 bridgehead atoms. The number of hydrogen-bond acceptors (Lipinski definition) is 5. The van der Waals surface area contributed by atoms with Crippen molar-refractivity contribution in [2.45, 2.75) is 12.3 Å². The largest absolute Gasteiger partial charge is 0.508 e. The Morgan fingerprint density at radius 3 is 2.59 bits per heavy atom. The van der Waals surface area contributed by atoms with E-state index in [0.717, 1.165) is 5.56 Å². The van der Waals surface area contributed by atoms with Crippen LogP contribution in [0.25, 0.3) is 0 Å². The number of hydrogen-bond donors (Lipinski definition) is 1. The number of carbonyl (C=O) groups excluding carboxylic acids is 1. The molecule has 0 radical (unpaired) electrons. The van der Waals surface area contributed by atoms with Crippen LogP contribution >= 0.6 is 0 Å². The zero-order valence-corrected chi connectivity index (χ0v) is 12.1. The Morgan fingerprint density at radius 1 is 1.23 bits per heavy atom. The summed E-state index contributed by atoms with van der Waals surface area (Å²) in [6.45, 7) is 0.130. The van der Waals surface area contributed by atoms with Gasteiger partial charge in [-0.25, -0.2) is 0 Å². The Balaban J connectivity index is 2.04. The first kappa shape index (κ1) is 14.3. The van der Waals surface area contributed by atoms with Gasteiger partial charge in [0, 0.05) is 17.5 Å². The Kier molecular flexibility index (Phi) is 3.87. The summed E-state index contributed by atoms with van der Waals surface area (Å²) in [7, 11) is 1.35. The predicted octanol–water partition coefficient (Wildman–Crippen LogP) is 2.82. The summed E-state index contributed by atoms with van der Waals surface area (Å²) in [5, 5.41) is 10.3. The molecule has 1 aliphatic rings. The second-order valence-corrected chi connectivity index (χ2v) is 5.01. The van der Waals surface area contributed by atoms with Crippen molar-refractivity contribution in [2.24, 2.45) is 0 Å². The van der Waals surface area contributed by atoms with Crippen LogP contribution in [0.1, 0.15) is 23.5 Å². The molecule has 2 aromatic rings. The van der Waals surface area contributed by atoms with Crippen molar-refractivity contribution in [1.29, 1.82) is 0 Å². The lowest BCUT2D eigenvalue weighted by molar-refractivity contribution is -0.140. The number of aromatic hydroxyl groups is 1. The molecule has 5 heteroatoms. The van der Waals surface area contributed by atoms with Gasteiger partial charge in [-0.3, -0.25) is 4.79 Å². The lowest BCUT2D eigenvalue weighted by atomic mass is 9.87. The van der Waals surface area contributed by atoms with Gasteiger partial charge < -0.3 is 19.3 Å². The summed E-state index contributed by atoms with van der Waals surface area (Å²) in [5.74, 6) is 0.487. The number of esters is 1. The molecule has 114 valence electrons. The van der Waals surface area contributed by atoms with Gasteiger partial charge >= 0.3 is 5.97 Å². The van der Waals surface area contributed by atoms with E-state index in [-0.39, 0.29) is 30.9 Å². The molecule has 1 N–H and O–H groups in total. The van der Waals surface area contributed by atoms with Gasteiger partial charge in [-0.15, -0.1) is 0 Å². The van der Waals surface area contributed by atoms with Crippen molar-refractivity contribution in [3.63, 3.8) is 0 Å². The second-order valence-electron chi connectivity index (χ2n) is 5.01. The van der Waals surface area contributed by atoms with Crippen LogP contribution in [0.15, 0.2) is 42.5 Å². The van der Waals surface area contributed by atoms with Crippen molar-refractivity contribution >= 4 is 5.97 Å². The third-order valence-corrected chi connectivity index (χ3v) is 3.70. The van der Waals surface area contributed by atoms with Crippen molar-refractivity contribution in [3.05, 3.63) is 53.6 Å². The molecule has 22 heavy (non-hydrogen) atoms. The molecule has 1 heterocycles. The van der Waals surface area contributed by atoms with E-state index in [0.29, 0.717) is 17.1 Å². The average molecular weight is 300 g/mol. The molecule has 1 atom stereocenters. The van der Waals surface area contributed by atoms with Crippen LogP contribution < -0.4 is 9.47 Å². The highest BCUT2D eigenvalue weighted by Gasteiger charge is 2.25. The van der Waals surface area contributed by atoms with Gasteiger partial charge in [-0.05, 0) is 11.6 Å². The predicted molar refractivity (Wildman–Crippen MR) is 79.1 cm³/mol. The van der Waals surface area contributed by atoms with E-state index in [9.17, 15) is 9.90 Å². The molecule has 0 saturated heterocycles. The zero-order valence-electron chi connectivity index (χ0n) is 12.1. The third-order valence-electron chi connectivity index (χ3n) is 3.70. The maximum absolute atomic E-state index is 11.8. The summed E-state index contributed by atoms with van der Waals surface area (Å²) >= 11 is 0. The minimum absolute atomic E-state index is 0.0713. The highest BCUT2D eigenvalue weighted by atomic mass is 16.7. The topological polar surface area (TPSA) is 65.0 Å². The molecule has 0 aliphatic carbocycles. The normalized spacial score (nSPS) is 13.7. The lowest BCUT2D eigenvalue weighted by Gasteiger charge is -2.18. The highest BCUT2D eigenvalue weighted by Crippen LogP contribution is 2.43. The number of methoxy groups -OCH3 is 1. The Labute approximate surface area is 128 Å². The fourth-order valence-corrected chi connectivity index (χ4v) is 2.57. The van der Waals surface area contributed by atoms with E-state index < -0.39 is 0 Å². The van der Waals surface area contributed by atoms with E-state index in [4.69, 9.17) is 14.2 Å². The summed E-state index contributed by atoms with van der Waals surface area (Å²) in [5.41, 5.74) is 1.53. The smallest absolute Gasteiger partial charge is 0.306 e. The summed E-state index contributed by atoms with van der Waals surface area (Å²) in [6, 6.07) is 12.8. The number of phenols is 1. The Hall–Kier alpha value is -2.69. The molecule has 0 aromatic heterocycles. The van der Waals surface area contributed by atoms with E-state index in [1.165, 1.54) is 13.2 Å². The quantitative estimate of drug-likeness (QED) is 0.880. The standard InChI is InChI=1S/C17H16O5/c1-20-17(19)8-12(11-5-3-2-4-6-11)13-7-15-16(9-14(13)18)22-10-21-15/h2-7,9,12,18H,8,10H2,1H3. The maximum Gasteiger partial charge on any atom is 0.306 e. The van der Waals surface area contributed by atoms with Gasteiger partial charge in [0.05, 0.1) is 13.5 Å². The van der Waals surface area contributed by atoms with Crippen molar-refractivity contribution in [1.82, 2.24) is 0 Å². The van der Waals surface area contributed by atoms with E-state index in [1.54, 1.807) is 6.07 Å². The van der Waals surface area contributed by atoms with Crippen LogP contribution in [0, 0.1) is 0 Å². The average Bonchev–Trinajstić information content (AvgIpc) is 2.99. The van der Waals surface area contributed by atoms with Crippen molar-refractivity contribution in [2.75, 3.05) is 13.9 Å². The monoisotopic (exact) mass is 300 g/mol. The Bertz CT molecular complexity index is 681. The van der Waals surface area contributed by atoms with Crippen molar-refractivity contribution in [3.8, 4) is 17.2 Å². The fraction of sp³-hybridized carbons (Fsp3) is 0.235. The third kappa shape index (κ3) is 2.70. The van der Waals surface area contributed by atoms with Crippen LogP contribution in [0.2, 0.25) is 0 Å². The lowest BCUT2D eigenvalue weighted by Crippen LogP contribution is -2.10. The molecule has 1 aliphatic heterocycles. The molecule has 0 amide bonds. The SMILES string of the molecule is COC(=O)CC(c1ccccc1)c1cc2c(cc1O)OCO2. The molecule has 0 fully saturated rings. The van der Waals surface area contributed by atoms with Crippen LogP contribution in [-0.4, -0.2) is 25.0 Å². The molecule has 1 unspecified atom stereocenters. The molecular weight excluding hydrogens is 284 g/mol. The van der Waals surface area contributed by atoms with Gasteiger partial charge in [-0.1, -0.05) is 30.3 Å². The number of phenolic OH excluding ortho intramolecular Hbond substituents is 1. The summed E-state index contributed by atoms with van der Waals surface area (Å²) in [6.07, 6.45) is 0.133. The molecule has 3 rings (SSSR count). The molecular formula is C17H16O5. The minimum atomic E-state index is -0.342. The maximum atomic E-state index is 11.8. The van der Waals surface area contributed by atoms with Crippen LogP contribution in [0.3, 0.4) is 0 Å². The van der Waals surface area contributed by atoms with Gasteiger partial charge in [0.1, 0.15) is 5.75 Å². The Morgan fingerprint density at radius 2 is 1.91 bits per heavy atom. The van der Waals surface area contributed by atoms with Crippen LogP contribution in [0.5, 0.6) is 17.2 Å². The molecule has 0 spiro atoms. The van der Waals surface area contributed by atoms with Gasteiger partial charge in [0.15, 0.2) is 11.5 Å². The van der Waals surface area contributed by atoms with E-state index in [1.807, 2.05) is 30.3 Å². The van der Waals surface area contributed by atoms with Crippen LogP contribution in [0.4, 0.5) is 0 Å². The fourth-order valence-electron chi connectivity index (χ4n) is 2.57. The van der Waals surface area contributed by atoms with Gasteiger partial charge in [-0.2, -0.15) is 0 Å². The van der Waals surface area contributed by atoms with Crippen molar-refractivity contribution < 1.29 is 24.1 Å². The van der Waals surface area contributed by atoms with E-state index in [2.05, 4.69) is 0 Å². The zero-order chi connectivity index (χ0) is 15.5. The van der Waals surface area contributed by atoms with Crippen LogP contribution in [-0.2, 0) is 9.53 Å². The molecule has 5 nitrogen and oxygen atoms in total. The number of rotatable bonds is 4. The molecule has 0 saturated carbocycles. The number of carbonyl (C=O) groups is 1. The molecule has 2 aromatic carbocycles. The first-order valence-corrected chi connectivity index (χ1v) is 6.93. The second kappa shape index (κ2) is 5.97. The van der Waals surface area contributed by atoms with E-state index >= 15 is 0 Å². The van der Waals surface area contributed by atoms with Gasteiger partial charge in [0.25, 0.3) is 0 Å². The van der Waals surface area contributed by atoms with Gasteiger partial charge in [0.2, 0.25) is 6.79 Å². The minimum Gasteiger partial charge on any atom is -0.508 e. The number of fused-ring (bicyclic) bond motifs is 1. The first-order chi connectivity index (χ1) is 10.7. The summed E-state index contributed by atoms with van der Waals surface area (Å²) in [4.78, 5) is 11.8. The summed E-state index contributed by atoms with van der Waals surface area (Å²) < 4.78 is 15.4. The first-order valence-electron chi connectivity index (χ1n) is 6.93. The number of benzene rings is 2. The number of ether oxygens (including phenoxy) is 3.